The van der Waals surface area contributed by atoms with Crippen LogP contribution in [0, 0.1) is 23.4 Å². The summed E-state index contributed by atoms with van der Waals surface area (Å²) in [4.78, 5) is 2.27. The molecule has 19 heavy (non-hydrogen) atoms. The van der Waals surface area contributed by atoms with Crippen LogP contribution >= 0.6 is 0 Å². The third-order valence-corrected chi connectivity index (χ3v) is 4.23. The minimum absolute atomic E-state index is 0.0814. The summed E-state index contributed by atoms with van der Waals surface area (Å²) >= 11 is 0. The van der Waals surface area contributed by atoms with Crippen LogP contribution in [0.1, 0.15) is 30.9 Å². The fourth-order valence-electron chi connectivity index (χ4n) is 3.15. The summed E-state index contributed by atoms with van der Waals surface area (Å²) in [6, 6.07) is 2.65. The molecule has 2 N–H and O–H groups in total. The molecule has 0 radical (unpaired) electrons. The summed E-state index contributed by atoms with van der Waals surface area (Å²) in [5.41, 5.74) is 6.27. The first-order valence-corrected chi connectivity index (χ1v) is 6.72. The lowest BCUT2D eigenvalue weighted by atomic mass is 9.93. The maximum Gasteiger partial charge on any atom is 0.194 e. The predicted octanol–water partition coefficient (Wildman–Crippen LogP) is 2.59. The van der Waals surface area contributed by atoms with E-state index in [9.17, 15) is 13.2 Å². The predicted molar refractivity (Wildman–Crippen MR) is 65.9 cm³/mol. The van der Waals surface area contributed by atoms with Crippen molar-refractivity contribution in [2.75, 3.05) is 13.1 Å². The SMILES string of the molecule is NCC1CCN(C2CC2)C1c1cc(F)c(F)c(F)c1. The first-order chi connectivity index (χ1) is 9.11. The third kappa shape index (κ3) is 2.25. The fraction of sp³-hybridized carbons (Fsp3) is 0.571. The van der Waals surface area contributed by atoms with E-state index in [4.69, 9.17) is 5.73 Å². The van der Waals surface area contributed by atoms with Crippen LogP contribution in [0.4, 0.5) is 13.2 Å². The van der Waals surface area contributed by atoms with Gasteiger partial charge in [0.25, 0.3) is 0 Å². The Morgan fingerprint density at radius 2 is 1.74 bits per heavy atom. The number of benzene rings is 1. The Hall–Kier alpha value is -1.07. The van der Waals surface area contributed by atoms with Gasteiger partial charge in [-0.05, 0) is 56.0 Å². The number of halogens is 3. The molecule has 1 aliphatic heterocycles. The Morgan fingerprint density at radius 1 is 1.11 bits per heavy atom. The van der Waals surface area contributed by atoms with Crippen LogP contribution in [0.5, 0.6) is 0 Å². The summed E-state index contributed by atoms with van der Waals surface area (Å²) in [7, 11) is 0. The minimum Gasteiger partial charge on any atom is -0.330 e. The minimum atomic E-state index is -1.40. The Labute approximate surface area is 110 Å². The van der Waals surface area contributed by atoms with Gasteiger partial charge in [0.05, 0.1) is 0 Å². The second-order valence-electron chi connectivity index (χ2n) is 5.50. The van der Waals surface area contributed by atoms with Crippen molar-refractivity contribution in [2.45, 2.75) is 31.3 Å². The van der Waals surface area contributed by atoms with Crippen molar-refractivity contribution in [3.05, 3.63) is 35.1 Å². The van der Waals surface area contributed by atoms with Crippen LogP contribution in [0.25, 0.3) is 0 Å². The van der Waals surface area contributed by atoms with Gasteiger partial charge in [0.1, 0.15) is 0 Å². The third-order valence-electron chi connectivity index (χ3n) is 4.23. The van der Waals surface area contributed by atoms with Gasteiger partial charge >= 0.3 is 0 Å². The number of likely N-dealkylation sites (tertiary alicyclic amines) is 1. The molecular weight excluding hydrogens is 253 g/mol. The smallest absolute Gasteiger partial charge is 0.194 e. The normalized spacial score (nSPS) is 28.0. The van der Waals surface area contributed by atoms with Gasteiger partial charge in [-0.1, -0.05) is 0 Å². The van der Waals surface area contributed by atoms with E-state index in [0.29, 0.717) is 18.2 Å². The van der Waals surface area contributed by atoms with Gasteiger partial charge in [0, 0.05) is 12.1 Å². The molecular formula is C14H17F3N2. The maximum absolute atomic E-state index is 13.4. The number of hydrogen-bond donors (Lipinski definition) is 1. The van der Waals surface area contributed by atoms with E-state index in [0.717, 1.165) is 37.9 Å². The van der Waals surface area contributed by atoms with Gasteiger partial charge in [-0.2, -0.15) is 0 Å². The summed E-state index contributed by atoms with van der Waals surface area (Å²) in [6.45, 7) is 1.38. The molecule has 1 saturated carbocycles. The molecule has 5 heteroatoms. The quantitative estimate of drug-likeness (QED) is 0.855. The molecule has 0 spiro atoms. The van der Waals surface area contributed by atoms with E-state index < -0.39 is 17.5 Å². The van der Waals surface area contributed by atoms with E-state index in [2.05, 4.69) is 4.90 Å². The van der Waals surface area contributed by atoms with Crippen molar-refractivity contribution in [3.8, 4) is 0 Å². The molecule has 2 nitrogen and oxygen atoms in total. The van der Waals surface area contributed by atoms with Crippen LogP contribution in [0.2, 0.25) is 0 Å². The highest BCUT2D eigenvalue weighted by atomic mass is 19.2. The average molecular weight is 270 g/mol. The summed E-state index contributed by atoms with van der Waals surface area (Å²) < 4.78 is 39.9. The Bertz CT molecular complexity index is 465. The molecule has 1 heterocycles. The zero-order valence-corrected chi connectivity index (χ0v) is 10.6. The molecule has 1 saturated heterocycles. The zero-order chi connectivity index (χ0) is 13.6. The molecule has 3 rings (SSSR count). The van der Waals surface area contributed by atoms with E-state index in [1.54, 1.807) is 0 Å². The van der Waals surface area contributed by atoms with Crippen LogP contribution < -0.4 is 5.73 Å². The molecule has 1 aromatic rings. The monoisotopic (exact) mass is 270 g/mol. The van der Waals surface area contributed by atoms with Gasteiger partial charge in [0.15, 0.2) is 17.5 Å². The van der Waals surface area contributed by atoms with E-state index >= 15 is 0 Å². The molecule has 104 valence electrons. The van der Waals surface area contributed by atoms with Gasteiger partial charge in [-0.15, -0.1) is 0 Å². The highest BCUT2D eigenvalue weighted by molar-refractivity contribution is 5.25. The molecule has 0 amide bonds. The number of nitrogens with zero attached hydrogens (tertiary/aromatic N) is 1. The van der Waals surface area contributed by atoms with Crippen LogP contribution in [0.3, 0.4) is 0 Å². The van der Waals surface area contributed by atoms with E-state index in [1.165, 1.54) is 0 Å². The van der Waals surface area contributed by atoms with Crippen molar-refractivity contribution in [1.29, 1.82) is 0 Å². The first-order valence-electron chi connectivity index (χ1n) is 6.72. The topological polar surface area (TPSA) is 29.3 Å². The zero-order valence-electron chi connectivity index (χ0n) is 10.6. The molecule has 2 unspecified atom stereocenters. The standard InChI is InChI=1S/C14H17F3N2/c15-11-5-9(6-12(16)13(11)17)14-8(7-18)3-4-19(14)10-1-2-10/h5-6,8,10,14H,1-4,7,18H2. The van der Waals surface area contributed by atoms with Crippen LogP contribution in [-0.2, 0) is 0 Å². The second kappa shape index (κ2) is 4.80. The molecule has 1 aromatic carbocycles. The Kier molecular flexibility index (Phi) is 3.27. The highest BCUT2D eigenvalue weighted by Crippen LogP contribution is 2.44. The second-order valence-corrected chi connectivity index (χ2v) is 5.50. The first kappa shape index (κ1) is 12.9. The number of nitrogens with two attached hydrogens (primary N) is 1. The lowest BCUT2D eigenvalue weighted by Gasteiger charge is -2.28. The van der Waals surface area contributed by atoms with Gasteiger partial charge in [-0.3, -0.25) is 4.90 Å². The maximum atomic E-state index is 13.4. The summed E-state index contributed by atoms with van der Waals surface area (Å²) in [5.74, 6) is -3.45. The van der Waals surface area contributed by atoms with Crippen LogP contribution in [-0.4, -0.2) is 24.0 Å². The van der Waals surface area contributed by atoms with Gasteiger partial charge in [-0.25, -0.2) is 13.2 Å². The molecule has 2 atom stereocenters. The van der Waals surface area contributed by atoms with Gasteiger partial charge in [0.2, 0.25) is 0 Å². The number of rotatable bonds is 3. The van der Waals surface area contributed by atoms with Crippen LogP contribution in [0.15, 0.2) is 12.1 Å². The lowest BCUT2D eigenvalue weighted by molar-refractivity contribution is 0.219. The van der Waals surface area contributed by atoms with Gasteiger partial charge < -0.3 is 5.73 Å². The highest BCUT2D eigenvalue weighted by Gasteiger charge is 2.42. The van der Waals surface area contributed by atoms with Crippen molar-refractivity contribution in [1.82, 2.24) is 4.90 Å². The largest absolute Gasteiger partial charge is 0.330 e. The Balaban J connectivity index is 1.97. The van der Waals surface area contributed by atoms with Crippen molar-refractivity contribution >= 4 is 0 Å². The molecule has 1 aliphatic carbocycles. The summed E-state index contributed by atoms with van der Waals surface area (Å²) in [5, 5.41) is 0. The fourth-order valence-corrected chi connectivity index (χ4v) is 3.15. The molecule has 0 bridgehead atoms. The Morgan fingerprint density at radius 3 is 2.26 bits per heavy atom. The van der Waals surface area contributed by atoms with Crippen molar-refractivity contribution in [2.24, 2.45) is 11.7 Å². The molecule has 2 fully saturated rings. The van der Waals surface area contributed by atoms with Crippen molar-refractivity contribution in [3.63, 3.8) is 0 Å². The number of hydrogen-bond acceptors (Lipinski definition) is 2. The average Bonchev–Trinajstić information content (AvgIpc) is 3.14. The van der Waals surface area contributed by atoms with E-state index in [-0.39, 0.29) is 12.0 Å². The van der Waals surface area contributed by atoms with Crippen molar-refractivity contribution < 1.29 is 13.2 Å². The summed E-state index contributed by atoms with van der Waals surface area (Å²) in [6.07, 6.45) is 3.18. The lowest BCUT2D eigenvalue weighted by Crippen LogP contribution is -2.30. The molecule has 0 aromatic heterocycles. The molecule has 2 aliphatic rings. The van der Waals surface area contributed by atoms with E-state index in [1.807, 2.05) is 0 Å².